The van der Waals surface area contributed by atoms with Crippen LogP contribution in [0, 0.1) is 56.7 Å². The van der Waals surface area contributed by atoms with E-state index in [-0.39, 0.29) is 39.4 Å². The van der Waals surface area contributed by atoms with Gasteiger partial charge in [-0.15, -0.1) is 0 Å². The third-order valence-corrected chi connectivity index (χ3v) is 16.2. The van der Waals surface area contributed by atoms with Gasteiger partial charge in [-0.05, 0) is 145 Å². The molecule has 272 valence electrons. The zero-order valence-corrected chi connectivity index (χ0v) is 31.4. The molecular weight excluding hydrogens is 634 g/mol. The minimum Gasteiger partial charge on any atom is -0.479 e. The summed E-state index contributed by atoms with van der Waals surface area (Å²) in [4.78, 5) is 38.8. The third kappa shape index (κ3) is 5.12. The SMILES string of the molecule is C=C(C)[C@@H]1CC[C@]2(C(=O)NC(C(=O)O)c3ccccc3)CC[C@]3(C)[C@H](CC[C@@H]4[C@@]5(C)CC=C(c6ccc(C(=O)O)cc6)C(C)(C)[C@@H]5CC[C@]43C)[C@@H]12. The molecule has 7 rings (SSSR count). The molecule has 10 atom stereocenters. The summed E-state index contributed by atoms with van der Waals surface area (Å²) >= 11 is 0. The molecule has 1 unspecified atom stereocenters. The molecule has 6 nitrogen and oxygen atoms in total. The number of carbonyl (C=O) groups is 3. The van der Waals surface area contributed by atoms with Crippen LogP contribution in [-0.2, 0) is 9.59 Å². The second kappa shape index (κ2) is 12.2. The van der Waals surface area contributed by atoms with Gasteiger partial charge in [0.15, 0.2) is 6.04 Å². The molecule has 2 aromatic carbocycles. The van der Waals surface area contributed by atoms with Gasteiger partial charge in [0.2, 0.25) is 5.91 Å². The summed E-state index contributed by atoms with van der Waals surface area (Å²) in [5.41, 5.74) is 4.15. The molecule has 0 aliphatic heterocycles. The van der Waals surface area contributed by atoms with Crippen LogP contribution < -0.4 is 5.32 Å². The van der Waals surface area contributed by atoms with E-state index in [0.29, 0.717) is 28.9 Å². The second-order valence-corrected chi connectivity index (χ2v) is 18.4. The lowest BCUT2D eigenvalue weighted by Crippen LogP contribution is -2.66. The van der Waals surface area contributed by atoms with Gasteiger partial charge in [-0.25, -0.2) is 9.59 Å². The molecule has 0 aromatic heterocycles. The number of hydrogen-bond acceptors (Lipinski definition) is 3. The Hall–Kier alpha value is -3.67. The van der Waals surface area contributed by atoms with E-state index < -0.39 is 23.4 Å². The molecule has 0 saturated heterocycles. The monoisotopic (exact) mass is 691 g/mol. The maximum absolute atomic E-state index is 14.7. The fourth-order valence-corrected chi connectivity index (χ4v) is 13.6. The van der Waals surface area contributed by atoms with E-state index in [2.05, 4.69) is 59.5 Å². The standard InChI is InChI=1S/C45H57NO5/c1-27(2)31-19-24-45(40(51)46-37(39(49)50)29-11-9-8-10-12-29)26-25-43(6)33(36(31)45)17-18-35-42(5)22-20-32(28-13-15-30(16-14-28)38(47)48)41(3,4)34(42)21-23-44(35,43)7/h8-16,20,31,33-37H,1,17-19,21-26H2,2-7H3,(H,46,51)(H,47,48)(H,49,50)/t31-,33+,34-,35+,36+,37?,42-,43+,44+,45-/m0/s1. The van der Waals surface area contributed by atoms with Crippen LogP contribution in [0.5, 0.6) is 0 Å². The lowest BCUT2D eigenvalue weighted by molar-refractivity contribution is -0.225. The highest BCUT2D eigenvalue weighted by Crippen LogP contribution is 2.77. The van der Waals surface area contributed by atoms with Crippen molar-refractivity contribution in [2.45, 2.75) is 105 Å². The number of allylic oxidation sites excluding steroid dienone is 3. The predicted octanol–water partition coefficient (Wildman–Crippen LogP) is 9.98. The van der Waals surface area contributed by atoms with E-state index in [4.69, 9.17) is 0 Å². The fraction of sp³-hybridized carbons (Fsp3) is 0.578. The maximum Gasteiger partial charge on any atom is 0.335 e. The zero-order valence-electron chi connectivity index (χ0n) is 31.4. The summed E-state index contributed by atoms with van der Waals surface area (Å²) in [5.74, 6) is -0.219. The number of amides is 1. The Balaban J connectivity index is 1.22. The molecule has 5 aliphatic carbocycles. The predicted molar refractivity (Wildman–Crippen MR) is 201 cm³/mol. The van der Waals surface area contributed by atoms with Crippen LogP contribution in [0.4, 0.5) is 0 Å². The van der Waals surface area contributed by atoms with E-state index >= 15 is 0 Å². The minimum absolute atomic E-state index is 0.0445. The van der Waals surface area contributed by atoms with Crippen molar-refractivity contribution in [2.75, 3.05) is 0 Å². The van der Waals surface area contributed by atoms with Gasteiger partial charge in [0.1, 0.15) is 0 Å². The van der Waals surface area contributed by atoms with Gasteiger partial charge < -0.3 is 15.5 Å². The molecule has 0 radical (unpaired) electrons. The van der Waals surface area contributed by atoms with E-state index in [0.717, 1.165) is 68.9 Å². The number of nitrogens with one attached hydrogen (secondary N) is 1. The molecule has 4 fully saturated rings. The van der Waals surface area contributed by atoms with E-state index in [1.807, 2.05) is 30.3 Å². The number of benzene rings is 2. The fourth-order valence-electron chi connectivity index (χ4n) is 13.6. The van der Waals surface area contributed by atoms with E-state index in [9.17, 15) is 24.6 Å². The van der Waals surface area contributed by atoms with Crippen LogP contribution in [-0.4, -0.2) is 28.1 Å². The number of carboxylic acid groups (broad SMARTS) is 2. The first-order valence-corrected chi connectivity index (χ1v) is 19.3. The second-order valence-electron chi connectivity index (χ2n) is 18.4. The number of hydrogen-bond donors (Lipinski definition) is 3. The smallest absolute Gasteiger partial charge is 0.335 e. The Morgan fingerprint density at radius 2 is 1.49 bits per heavy atom. The van der Waals surface area contributed by atoms with Crippen molar-refractivity contribution < 1.29 is 24.6 Å². The van der Waals surface area contributed by atoms with Crippen LogP contribution in [0.25, 0.3) is 5.57 Å². The highest BCUT2D eigenvalue weighted by molar-refractivity contribution is 5.89. The Morgan fingerprint density at radius 1 is 0.804 bits per heavy atom. The van der Waals surface area contributed by atoms with Gasteiger partial charge in [-0.2, -0.15) is 0 Å². The molecule has 0 bridgehead atoms. The molecule has 4 saturated carbocycles. The summed E-state index contributed by atoms with van der Waals surface area (Å²) < 4.78 is 0. The van der Waals surface area contributed by atoms with Gasteiger partial charge in [0, 0.05) is 0 Å². The molecule has 3 N–H and O–H groups in total. The van der Waals surface area contributed by atoms with Crippen molar-refractivity contribution >= 4 is 23.4 Å². The van der Waals surface area contributed by atoms with Crippen molar-refractivity contribution in [1.82, 2.24) is 5.32 Å². The summed E-state index contributed by atoms with van der Waals surface area (Å²) in [7, 11) is 0. The van der Waals surface area contributed by atoms with Crippen LogP contribution >= 0.6 is 0 Å². The normalized spacial score (nSPS) is 38.5. The topological polar surface area (TPSA) is 104 Å². The van der Waals surface area contributed by atoms with Crippen molar-refractivity contribution in [3.63, 3.8) is 0 Å². The first-order chi connectivity index (χ1) is 24.0. The molecule has 6 heteroatoms. The Morgan fingerprint density at radius 3 is 2.12 bits per heavy atom. The summed E-state index contributed by atoms with van der Waals surface area (Å²) in [5, 5.41) is 22.8. The van der Waals surface area contributed by atoms with Crippen molar-refractivity contribution in [3.8, 4) is 0 Å². The maximum atomic E-state index is 14.7. The summed E-state index contributed by atoms with van der Waals surface area (Å²) in [6, 6.07) is 15.5. The van der Waals surface area contributed by atoms with Gasteiger partial charge in [0.05, 0.1) is 11.0 Å². The summed E-state index contributed by atoms with van der Waals surface area (Å²) in [6.45, 7) is 19.2. The minimum atomic E-state index is -1.07. The lowest BCUT2D eigenvalue weighted by Gasteiger charge is -2.72. The van der Waals surface area contributed by atoms with Crippen molar-refractivity contribution in [1.29, 1.82) is 0 Å². The van der Waals surface area contributed by atoms with E-state index in [1.54, 1.807) is 24.3 Å². The Labute approximate surface area is 304 Å². The van der Waals surface area contributed by atoms with Gasteiger partial charge in [0.25, 0.3) is 0 Å². The Bertz CT molecular complexity index is 1780. The number of carbonyl (C=O) groups excluding carboxylic acids is 1. The van der Waals surface area contributed by atoms with Crippen molar-refractivity contribution in [3.05, 3.63) is 89.5 Å². The lowest BCUT2D eigenvalue weighted by atomic mass is 9.32. The van der Waals surface area contributed by atoms with Crippen LogP contribution in [0.1, 0.15) is 127 Å². The molecule has 2 aromatic rings. The van der Waals surface area contributed by atoms with Gasteiger partial charge >= 0.3 is 11.9 Å². The number of carboxylic acids is 2. The van der Waals surface area contributed by atoms with E-state index in [1.165, 1.54) is 5.57 Å². The highest BCUT2D eigenvalue weighted by atomic mass is 16.4. The third-order valence-electron chi connectivity index (χ3n) is 16.2. The van der Waals surface area contributed by atoms with Crippen LogP contribution in [0.15, 0.2) is 72.8 Å². The molecule has 0 heterocycles. The largest absolute Gasteiger partial charge is 0.479 e. The summed E-state index contributed by atoms with van der Waals surface area (Å²) in [6.07, 6.45) is 11.5. The first-order valence-electron chi connectivity index (χ1n) is 19.3. The van der Waals surface area contributed by atoms with Crippen molar-refractivity contribution in [2.24, 2.45) is 56.7 Å². The van der Waals surface area contributed by atoms with Crippen LogP contribution in [0.2, 0.25) is 0 Å². The number of fused-ring (bicyclic) bond motifs is 7. The van der Waals surface area contributed by atoms with Gasteiger partial charge in [-0.3, -0.25) is 4.79 Å². The molecule has 0 spiro atoms. The van der Waals surface area contributed by atoms with Crippen LogP contribution in [0.3, 0.4) is 0 Å². The molecule has 1 amide bonds. The average molecular weight is 692 g/mol. The zero-order chi connectivity index (χ0) is 36.7. The van der Waals surface area contributed by atoms with Gasteiger partial charge in [-0.1, -0.05) is 95.3 Å². The molecular formula is C45H57NO5. The highest BCUT2D eigenvalue weighted by Gasteiger charge is 2.71. The number of aliphatic carboxylic acids is 1. The average Bonchev–Trinajstić information content (AvgIpc) is 3.49. The first kappa shape index (κ1) is 35.7. The molecule has 5 aliphatic rings. The number of rotatable bonds is 7. The number of aromatic carboxylic acids is 1. The Kier molecular flexibility index (Phi) is 8.55. The molecule has 51 heavy (non-hydrogen) atoms. The quantitative estimate of drug-likeness (QED) is 0.251.